The molecule has 2 fully saturated rings. The van der Waals surface area contributed by atoms with Crippen LogP contribution in [0.3, 0.4) is 0 Å². The Balaban J connectivity index is 1.66. The van der Waals surface area contributed by atoms with Gasteiger partial charge >= 0.3 is 11.8 Å². The first-order chi connectivity index (χ1) is 9.70. The van der Waals surface area contributed by atoms with E-state index in [0.717, 1.165) is 32.0 Å². The van der Waals surface area contributed by atoms with E-state index in [9.17, 15) is 9.59 Å². The summed E-state index contributed by atoms with van der Waals surface area (Å²) in [5.74, 6) is 2.04. The summed E-state index contributed by atoms with van der Waals surface area (Å²) < 4.78 is 0. The fourth-order valence-corrected chi connectivity index (χ4v) is 4.08. The highest BCUT2D eigenvalue weighted by atomic mass is 32.2. The van der Waals surface area contributed by atoms with Gasteiger partial charge in [-0.1, -0.05) is 0 Å². The van der Waals surface area contributed by atoms with Gasteiger partial charge in [-0.2, -0.15) is 11.8 Å². The predicted molar refractivity (Wildman–Crippen MR) is 81.7 cm³/mol. The quantitative estimate of drug-likeness (QED) is 0.743. The smallest absolute Gasteiger partial charge is 0.309 e. The molecular formula is C14H25N3O2S. The summed E-state index contributed by atoms with van der Waals surface area (Å²) in [4.78, 5) is 25.1. The van der Waals surface area contributed by atoms with Crippen LogP contribution in [-0.2, 0) is 9.59 Å². The molecule has 2 aliphatic heterocycles. The highest BCUT2D eigenvalue weighted by molar-refractivity contribution is 7.99. The van der Waals surface area contributed by atoms with Crippen LogP contribution in [0.2, 0.25) is 0 Å². The Morgan fingerprint density at radius 2 is 1.75 bits per heavy atom. The normalized spacial score (nSPS) is 22.4. The van der Waals surface area contributed by atoms with E-state index in [0.29, 0.717) is 12.5 Å². The molecular weight excluding hydrogens is 274 g/mol. The van der Waals surface area contributed by atoms with E-state index in [4.69, 9.17) is 0 Å². The van der Waals surface area contributed by atoms with Crippen LogP contribution in [0.25, 0.3) is 0 Å². The van der Waals surface area contributed by atoms with Crippen molar-refractivity contribution in [2.75, 3.05) is 38.2 Å². The molecule has 20 heavy (non-hydrogen) atoms. The molecule has 2 heterocycles. The van der Waals surface area contributed by atoms with Crippen LogP contribution in [0.5, 0.6) is 0 Å². The lowest BCUT2D eigenvalue weighted by Gasteiger charge is -2.39. The summed E-state index contributed by atoms with van der Waals surface area (Å²) in [6, 6.07) is 0.776. The van der Waals surface area contributed by atoms with Crippen molar-refractivity contribution < 1.29 is 9.59 Å². The van der Waals surface area contributed by atoms with Gasteiger partial charge in [-0.05, 0) is 56.2 Å². The van der Waals surface area contributed by atoms with Crippen LogP contribution in [0.4, 0.5) is 0 Å². The third-order valence-corrected chi connectivity index (χ3v) is 5.39. The third-order valence-electron chi connectivity index (χ3n) is 4.34. The molecule has 2 saturated heterocycles. The number of likely N-dealkylation sites (tertiary alicyclic amines) is 1. The molecule has 2 N–H and O–H groups in total. The van der Waals surface area contributed by atoms with Gasteiger partial charge in [0.1, 0.15) is 0 Å². The standard InChI is InChI=1S/C14H25N3O2S/c1-15-13(18)14(19)16-10-11-2-6-17(7-3-11)12-4-8-20-9-5-12/h11-12H,2-10H2,1H3,(H,15,18)(H,16,19). The van der Waals surface area contributed by atoms with Gasteiger partial charge in [0.15, 0.2) is 0 Å². The molecule has 5 nitrogen and oxygen atoms in total. The van der Waals surface area contributed by atoms with Crippen molar-refractivity contribution in [3.05, 3.63) is 0 Å². The van der Waals surface area contributed by atoms with Crippen molar-refractivity contribution in [3.8, 4) is 0 Å². The van der Waals surface area contributed by atoms with E-state index in [1.54, 1.807) is 0 Å². The molecule has 2 aliphatic rings. The molecule has 0 saturated carbocycles. The van der Waals surface area contributed by atoms with Gasteiger partial charge in [-0.25, -0.2) is 0 Å². The first-order valence-corrected chi connectivity index (χ1v) is 8.68. The molecule has 0 aliphatic carbocycles. The topological polar surface area (TPSA) is 61.4 Å². The first-order valence-electron chi connectivity index (χ1n) is 7.52. The zero-order valence-corrected chi connectivity index (χ0v) is 13.0. The second-order valence-corrected chi connectivity index (χ2v) is 6.84. The lowest BCUT2D eigenvalue weighted by Crippen LogP contribution is -2.46. The Morgan fingerprint density at radius 3 is 2.35 bits per heavy atom. The third kappa shape index (κ3) is 4.38. The summed E-state index contributed by atoms with van der Waals surface area (Å²) in [5, 5.41) is 5.07. The fraction of sp³-hybridized carbons (Fsp3) is 0.857. The van der Waals surface area contributed by atoms with E-state index in [-0.39, 0.29) is 0 Å². The molecule has 0 unspecified atom stereocenters. The molecule has 0 aromatic rings. The molecule has 114 valence electrons. The summed E-state index contributed by atoms with van der Waals surface area (Å²) >= 11 is 2.07. The van der Waals surface area contributed by atoms with Crippen molar-refractivity contribution in [3.63, 3.8) is 0 Å². The van der Waals surface area contributed by atoms with Gasteiger partial charge in [-0.15, -0.1) is 0 Å². The number of piperidine rings is 1. The van der Waals surface area contributed by atoms with E-state index in [1.165, 1.54) is 31.4 Å². The molecule has 2 amide bonds. The Bertz CT molecular complexity index is 337. The number of nitrogens with one attached hydrogen (secondary N) is 2. The summed E-state index contributed by atoms with van der Waals surface area (Å²) in [6.07, 6.45) is 4.89. The number of carbonyl (C=O) groups is 2. The maximum absolute atomic E-state index is 11.4. The van der Waals surface area contributed by atoms with Crippen LogP contribution >= 0.6 is 11.8 Å². The van der Waals surface area contributed by atoms with E-state index in [1.807, 2.05) is 0 Å². The number of carbonyl (C=O) groups excluding carboxylic acids is 2. The molecule has 0 aromatic carbocycles. The molecule has 6 heteroatoms. The van der Waals surface area contributed by atoms with Crippen molar-refractivity contribution in [2.24, 2.45) is 5.92 Å². The average molecular weight is 299 g/mol. The first kappa shape index (κ1) is 15.6. The molecule has 0 aromatic heterocycles. The highest BCUT2D eigenvalue weighted by Crippen LogP contribution is 2.26. The van der Waals surface area contributed by atoms with Crippen LogP contribution < -0.4 is 10.6 Å². The minimum absolute atomic E-state index is 0.512. The number of amides is 2. The Kier molecular flexibility index (Phi) is 6.16. The summed E-state index contributed by atoms with van der Waals surface area (Å²) in [7, 11) is 1.48. The van der Waals surface area contributed by atoms with Crippen LogP contribution in [-0.4, -0.2) is 60.9 Å². The zero-order chi connectivity index (χ0) is 14.4. The number of thioether (sulfide) groups is 1. The van der Waals surface area contributed by atoms with Crippen molar-refractivity contribution in [1.29, 1.82) is 0 Å². The minimum Gasteiger partial charge on any atom is -0.351 e. The molecule has 0 spiro atoms. The second kappa shape index (κ2) is 7.88. The Hall–Kier alpha value is -0.750. The van der Waals surface area contributed by atoms with E-state index < -0.39 is 11.8 Å². The van der Waals surface area contributed by atoms with Gasteiger partial charge in [0.05, 0.1) is 0 Å². The highest BCUT2D eigenvalue weighted by Gasteiger charge is 2.26. The van der Waals surface area contributed by atoms with Crippen molar-refractivity contribution >= 4 is 23.6 Å². The van der Waals surface area contributed by atoms with Crippen LogP contribution in [0.15, 0.2) is 0 Å². The molecule has 0 atom stereocenters. The number of rotatable bonds is 3. The second-order valence-electron chi connectivity index (χ2n) is 5.61. The SMILES string of the molecule is CNC(=O)C(=O)NCC1CCN(C2CCSCC2)CC1. The van der Waals surface area contributed by atoms with Gasteiger partial charge in [0.25, 0.3) is 0 Å². The summed E-state index contributed by atoms with van der Waals surface area (Å²) in [5.41, 5.74) is 0. The summed E-state index contributed by atoms with van der Waals surface area (Å²) in [6.45, 7) is 2.90. The minimum atomic E-state index is -0.554. The lowest BCUT2D eigenvalue weighted by molar-refractivity contribution is -0.139. The average Bonchev–Trinajstić information content (AvgIpc) is 2.53. The number of nitrogens with zero attached hydrogens (tertiary/aromatic N) is 1. The van der Waals surface area contributed by atoms with Gasteiger partial charge < -0.3 is 15.5 Å². The van der Waals surface area contributed by atoms with Crippen LogP contribution in [0, 0.1) is 5.92 Å². The largest absolute Gasteiger partial charge is 0.351 e. The number of likely N-dealkylation sites (N-methyl/N-ethyl adjacent to an activating group) is 1. The lowest BCUT2D eigenvalue weighted by atomic mass is 9.94. The van der Waals surface area contributed by atoms with Gasteiger partial charge in [0.2, 0.25) is 0 Å². The molecule has 0 radical (unpaired) electrons. The van der Waals surface area contributed by atoms with Crippen molar-refractivity contribution in [1.82, 2.24) is 15.5 Å². The van der Waals surface area contributed by atoms with E-state index >= 15 is 0 Å². The van der Waals surface area contributed by atoms with E-state index in [2.05, 4.69) is 27.3 Å². The van der Waals surface area contributed by atoms with Gasteiger partial charge in [-0.3, -0.25) is 9.59 Å². The van der Waals surface area contributed by atoms with Crippen LogP contribution in [0.1, 0.15) is 25.7 Å². The monoisotopic (exact) mass is 299 g/mol. The Morgan fingerprint density at radius 1 is 1.10 bits per heavy atom. The number of hydrogen-bond donors (Lipinski definition) is 2. The van der Waals surface area contributed by atoms with Crippen molar-refractivity contribution in [2.45, 2.75) is 31.7 Å². The molecule has 0 bridgehead atoms. The zero-order valence-electron chi connectivity index (χ0n) is 12.2. The van der Waals surface area contributed by atoms with Gasteiger partial charge in [0, 0.05) is 19.6 Å². The predicted octanol–water partition coefficient (Wildman–Crippen LogP) is 0.456. The fourth-order valence-electron chi connectivity index (χ4n) is 3.00. The maximum Gasteiger partial charge on any atom is 0.309 e. The number of hydrogen-bond acceptors (Lipinski definition) is 4. The molecule has 2 rings (SSSR count). The maximum atomic E-state index is 11.4. The Labute approximate surface area is 125 Å².